The molecule has 0 aromatic heterocycles. The maximum Gasteiger partial charge on any atom is 0.330 e. The maximum atomic E-state index is 13.4. The first-order valence-corrected chi connectivity index (χ1v) is 10.5. The van der Waals surface area contributed by atoms with Crippen molar-refractivity contribution in [2.24, 2.45) is 28.6 Å². The highest BCUT2D eigenvalue weighted by Crippen LogP contribution is 2.65. The van der Waals surface area contributed by atoms with Crippen LogP contribution in [-0.4, -0.2) is 23.1 Å². The Morgan fingerprint density at radius 1 is 1.11 bits per heavy atom. The second-order valence-corrected chi connectivity index (χ2v) is 10.6. The van der Waals surface area contributed by atoms with Crippen molar-refractivity contribution in [3.05, 3.63) is 12.7 Å². The number of esters is 2. The molecule has 27 heavy (non-hydrogen) atoms. The Labute approximate surface area is 164 Å². The molecule has 0 N–H and O–H groups in total. The second kappa shape index (κ2) is 6.35. The van der Waals surface area contributed by atoms with Crippen molar-refractivity contribution in [1.82, 2.24) is 0 Å². The highest BCUT2D eigenvalue weighted by molar-refractivity contribution is 5.83. The number of rotatable bonds is 6. The Bertz CT molecular complexity index is 629. The maximum absolute atomic E-state index is 13.4. The van der Waals surface area contributed by atoms with E-state index in [1.54, 1.807) is 13.8 Å². The molecule has 0 saturated heterocycles. The summed E-state index contributed by atoms with van der Waals surface area (Å²) in [4.78, 5) is 25.1. The largest absolute Gasteiger partial charge is 0.458 e. The van der Waals surface area contributed by atoms with Crippen LogP contribution in [0.15, 0.2) is 12.7 Å². The van der Waals surface area contributed by atoms with Crippen molar-refractivity contribution in [3.8, 4) is 0 Å². The van der Waals surface area contributed by atoms with Gasteiger partial charge in [0, 0.05) is 6.08 Å². The van der Waals surface area contributed by atoms with E-state index in [0.717, 1.165) is 31.3 Å². The zero-order valence-corrected chi connectivity index (χ0v) is 17.9. The van der Waals surface area contributed by atoms with Crippen molar-refractivity contribution in [3.63, 3.8) is 0 Å². The standard InChI is InChI=1S/C23H36O4/c1-8-18(24)26-21(5,6)20(3,4)19(25)27-23(9-2)16-10-15-11-17(23)14-22(7,12-15)13-16/h8,15-17H,1,9-14H2,2-7H3. The second-order valence-electron chi connectivity index (χ2n) is 10.6. The fourth-order valence-corrected chi connectivity index (χ4v) is 6.23. The topological polar surface area (TPSA) is 52.6 Å². The summed E-state index contributed by atoms with van der Waals surface area (Å²) in [5, 5.41) is 0. The number of hydrogen-bond acceptors (Lipinski definition) is 4. The van der Waals surface area contributed by atoms with Crippen LogP contribution in [0.2, 0.25) is 0 Å². The third-order valence-electron chi connectivity index (χ3n) is 8.25. The predicted octanol–water partition coefficient (Wildman–Crippen LogP) is 5.06. The molecule has 2 atom stereocenters. The first-order valence-electron chi connectivity index (χ1n) is 10.5. The lowest BCUT2D eigenvalue weighted by Crippen LogP contribution is -2.63. The van der Waals surface area contributed by atoms with Crippen LogP contribution in [0, 0.1) is 28.6 Å². The molecule has 4 bridgehead atoms. The van der Waals surface area contributed by atoms with Gasteiger partial charge in [-0.2, -0.15) is 0 Å². The Balaban J connectivity index is 1.83. The van der Waals surface area contributed by atoms with E-state index in [1.165, 1.54) is 19.3 Å². The zero-order valence-electron chi connectivity index (χ0n) is 17.9. The average molecular weight is 377 g/mol. The van der Waals surface area contributed by atoms with Gasteiger partial charge < -0.3 is 9.47 Å². The molecule has 4 rings (SSSR count). The fourth-order valence-electron chi connectivity index (χ4n) is 6.23. The van der Waals surface area contributed by atoms with Crippen molar-refractivity contribution < 1.29 is 19.1 Å². The minimum atomic E-state index is -0.984. The van der Waals surface area contributed by atoms with E-state index >= 15 is 0 Å². The van der Waals surface area contributed by atoms with E-state index in [4.69, 9.17) is 9.47 Å². The summed E-state index contributed by atoms with van der Waals surface area (Å²) in [5.41, 5.74) is -1.87. The first kappa shape index (κ1) is 20.4. The van der Waals surface area contributed by atoms with Crippen LogP contribution in [-0.2, 0) is 19.1 Å². The summed E-state index contributed by atoms with van der Waals surface area (Å²) in [6.07, 6.45) is 8.02. The molecule has 0 aliphatic heterocycles. The number of carbonyl (C=O) groups excluding carboxylic acids is 2. The summed E-state index contributed by atoms with van der Waals surface area (Å²) in [5.74, 6) is 0.927. The van der Waals surface area contributed by atoms with Gasteiger partial charge in [-0.05, 0) is 89.4 Å². The summed E-state index contributed by atoms with van der Waals surface area (Å²) < 4.78 is 11.9. The van der Waals surface area contributed by atoms with Gasteiger partial charge in [0.25, 0.3) is 0 Å². The molecule has 4 nitrogen and oxygen atoms in total. The first-order chi connectivity index (χ1) is 12.4. The monoisotopic (exact) mass is 376 g/mol. The van der Waals surface area contributed by atoms with Gasteiger partial charge in [-0.15, -0.1) is 0 Å². The minimum absolute atomic E-state index is 0.260. The number of hydrogen-bond donors (Lipinski definition) is 0. The van der Waals surface area contributed by atoms with Crippen LogP contribution in [0.25, 0.3) is 0 Å². The van der Waals surface area contributed by atoms with Crippen LogP contribution in [0.3, 0.4) is 0 Å². The molecule has 0 aromatic rings. The Morgan fingerprint density at radius 3 is 2.11 bits per heavy atom. The minimum Gasteiger partial charge on any atom is -0.458 e. The quantitative estimate of drug-likeness (QED) is 0.480. The summed E-state index contributed by atoms with van der Waals surface area (Å²) >= 11 is 0. The van der Waals surface area contributed by atoms with Crippen molar-refractivity contribution in [1.29, 1.82) is 0 Å². The Morgan fingerprint density at radius 2 is 1.67 bits per heavy atom. The van der Waals surface area contributed by atoms with Crippen LogP contribution < -0.4 is 0 Å². The highest BCUT2D eigenvalue weighted by Gasteiger charge is 2.63. The molecular formula is C23H36O4. The molecule has 4 aliphatic carbocycles. The molecule has 4 aliphatic rings. The molecule has 0 aromatic carbocycles. The van der Waals surface area contributed by atoms with Gasteiger partial charge in [-0.3, -0.25) is 4.79 Å². The highest BCUT2D eigenvalue weighted by atomic mass is 16.6. The Hall–Kier alpha value is -1.32. The van der Waals surface area contributed by atoms with Crippen LogP contribution in [0.5, 0.6) is 0 Å². The summed E-state index contributed by atoms with van der Waals surface area (Å²) in [6, 6.07) is 0. The lowest BCUT2D eigenvalue weighted by Gasteiger charge is -2.64. The predicted molar refractivity (Wildman–Crippen MR) is 105 cm³/mol. The molecular weight excluding hydrogens is 340 g/mol. The average Bonchev–Trinajstić information content (AvgIpc) is 2.55. The van der Waals surface area contributed by atoms with Crippen LogP contribution >= 0.6 is 0 Å². The van der Waals surface area contributed by atoms with Gasteiger partial charge in [-0.1, -0.05) is 20.4 Å². The van der Waals surface area contributed by atoms with E-state index < -0.39 is 17.0 Å². The van der Waals surface area contributed by atoms with E-state index in [-0.39, 0.29) is 11.6 Å². The number of ether oxygens (including phenoxy) is 2. The SMILES string of the molecule is C=CC(=O)OC(C)(C)C(C)(C)C(=O)OC1(CC)C2CC3CC1CC(C)(C3)C2. The van der Waals surface area contributed by atoms with Gasteiger partial charge in [0.2, 0.25) is 0 Å². The molecule has 152 valence electrons. The third kappa shape index (κ3) is 3.13. The zero-order chi connectivity index (χ0) is 20.3. The molecule has 0 amide bonds. The van der Waals surface area contributed by atoms with Crippen molar-refractivity contribution in [2.75, 3.05) is 0 Å². The fraction of sp³-hybridized carbons (Fsp3) is 0.826. The Kier molecular flexibility index (Phi) is 4.80. The van der Waals surface area contributed by atoms with Crippen LogP contribution in [0.1, 0.15) is 80.1 Å². The smallest absolute Gasteiger partial charge is 0.330 e. The third-order valence-corrected chi connectivity index (χ3v) is 8.25. The summed E-state index contributed by atoms with van der Waals surface area (Å²) in [6.45, 7) is 15.2. The molecule has 2 unspecified atom stereocenters. The molecule has 4 heteroatoms. The lowest BCUT2D eigenvalue weighted by atomic mass is 9.44. The van der Waals surface area contributed by atoms with E-state index in [2.05, 4.69) is 20.4 Å². The van der Waals surface area contributed by atoms with E-state index in [9.17, 15) is 9.59 Å². The van der Waals surface area contributed by atoms with Gasteiger partial charge in [0.05, 0.1) is 0 Å². The van der Waals surface area contributed by atoms with Gasteiger partial charge in [0.1, 0.15) is 16.6 Å². The van der Waals surface area contributed by atoms with Crippen molar-refractivity contribution in [2.45, 2.75) is 91.3 Å². The lowest BCUT2D eigenvalue weighted by molar-refractivity contribution is -0.237. The summed E-state index contributed by atoms with van der Waals surface area (Å²) in [7, 11) is 0. The molecule has 0 spiro atoms. The van der Waals surface area contributed by atoms with E-state index in [1.807, 2.05) is 13.8 Å². The van der Waals surface area contributed by atoms with Crippen molar-refractivity contribution >= 4 is 11.9 Å². The number of carbonyl (C=O) groups is 2. The molecule has 4 saturated carbocycles. The van der Waals surface area contributed by atoms with Gasteiger partial charge in [-0.25, -0.2) is 4.79 Å². The van der Waals surface area contributed by atoms with Gasteiger partial charge in [0.15, 0.2) is 0 Å². The normalized spacial score (nSPS) is 37.8. The molecule has 4 fully saturated rings. The van der Waals surface area contributed by atoms with E-state index in [0.29, 0.717) is 17.3 Å². The molecule has 0 heterocycles. The van der Waals surface area contributed by atoms with Crippen LogP contribution in [0.4, 0.5) is 0 Å². The van der Waals surface area contributed by atoms with Gasteiger partial charge >= 0.3 is 11.9 Å². The molecule has 0 radical (unpaired) electrons.